The summed E-state index contributed by atoms with van der Waals surface area (Å²) in [6.45, 7) is 0. The maximum absolute atomic E-state index is 5.86. The van der Waals surface area contributed by atoms with Gasteiger partial charge in [-0.05, 0) is 12.1 Å². The van der Waals surface area contributed by atoms with Gasteiger partial charge in [0, 0.05) is 11.6 Å². The molecule has 0 bridgehead atoms. The molecule has 0 spiro atoms. The number of anilines is 1. The van der Waals surface area contributed by atoms with E-state index in [9.17, 15) is 0 Å². The molecule has 2 aromatic heterocycles. The first kappa shape index (κ1) is 12.7. The predicted molar refractivity (Wildman–Crippen MR) is 80.1 cm³/mol. The van der Waals surface area contributed by atoms with Gasteiger partial charge in [-0.2, -0.15) is 0 Å². The molecule has 3 rings (SSSR count). The second kappa shape index (κ2) is 5.79. The molecule has 1 aromatic carbocycles. The quantitative estimate of drug-likeness (QED) is 0.585. The minimum Gasteiger partial charge on any atom is -0.468 e. The zero-order valence-corrected chi connectivity index (χ0v) is 11.5. The van der Waals surface area contributed by atoms with Crippen LogP contribution in [0.3, 0.4) is 0 Å². The number of nitrogens with zero attached hydrogens (tertiary/aromatic N) is 2. The van der Waals surface area contributed by atoms with Crippen LogP contribution in [-0.4, -0.2) is 9.97 Å². The Hall–Kier alpha value is -2.27. The third-order valence-electron chi connectivity index (χ3n) is 2.70. The number of nitrogens with two attached hydrogens (primary N) is 1. The predicted octanol–water partition coefficient (Wildman–Crippen LogP) is 3.61. The van der Waals surface area contributed by atoms with Crippen molar-refractivity contribution in [1.82, 2.24) is 9.97 Å². The number of furan rings is 1. The number of hydrogen-bond donors (Lipinski definition) is 1. The Morgan fingerprint density at radius 3 is 2.65 bits per heavy atom. The Kier molecular flexibility index (Phi) is 3.69. The summed E-state index contributed by atoms with van der Waals surface area (Å²) >= 11 is 1.58. The van der Waals surface area contributed by atoms with E-state index in [-0.39, 0.29) is 0 Å². The van der Waals surface area contributed by atoms with E-state index in [1.807, 2.05) is 42.5 Å². The summed E-state index contributed by atoms with van der Waals surface area (Å²) in [6.07, 6.45) is 1.67. The maximum Gasteiger partial charge on any atom is 0.162 e. The fraction of sp³-hybridized carbons (Fsp3) is 0.0667. The van der Waals surface area contributed by atoms with Crippen LogP contribution in [0.4, 0.5) is 5.82 Å². The highest BCUT2D eigenvalue weighted by Crippen LogP contribution is 2.25. The molecule has 0 aliphatic rings. The molecule has 2 heterocycles. The Bertz CT molecular complexity index is 684. The standard InChI is InChI=1S/C15H13N3OS/c16-13-9-14(20-10-12-7-4-8-19-12)18-15(17-13)11-5-2-1-3-6-11/h1-9H,10H2,(H2,16,17,18). The van der Waals surface area contributed by atoms with Crippen LogP contribution in [0.25, 0.3) is 11.4 Å². The summed E-state index contributed by atoms with van der Waals surface area (Å²) in [6, 6.07) is 15.4. The third-order valence-corrected chi connectivity index (χ3v) is 3.63. The zero-order valence-electron chi connectivity index (χ0n) is 10.7. The van der Waals surface area contributed by atoms with Gasteiger partial charge in [-0.25, -0.2) is 9.97 Å². The van der Waals surface area contributed by atoms with Gasteiger partial charge >= 0.3 is 0 Å². The molecule has 0 fully saturated rings. The van der Waals surface area contributed by atoms with Crippen LogP contribution in [0.1, 0.15) is 5.76 Å². The topological polar surface area (TPSA) is 64.9 Å². The first-order valence-electron chi connectivity index (χ1n) is 6.16. The highest BCUT2D eigenvalue weighted by atomic mass is 32.2. The molecular weight excluding hydrogens is 270 g/mol. The lowest BCUT2D eigenvalue weighted by Gasteiger charge is -2.05. The normalized spacial score (nSPS) is 10.6. The largest absolute Gasteiger partial charge is 0.468 e. The van der Waals surface area contributed by atoms with Crippen LogP contribution in [0, 0.1) is 0 Å². The van der Waals surface area contributed by atoms with Crippen LogP contribution in [0.5, 0.6) is 0 Å². The van der Waals surface area contributed by atoms with Gasteiger partial charge in [0.25, 0.3) is 0 Å². The number of thioether (sulfide) groups is 1. The van der Waals surface area contributed by atoms with Gasteiger partial charge in [0.1, 0.15) is 16.6 Å². The van der Waals surface area contributed by atoms with Gasteiger partial charge in [0.2, 0.25) is 0 Å². The van der Waals surface area contributed by atoms with E-state index in [2.05, 4.69) is 9.97 Å². The summed E-state index contributed by atoms with van der Waals surface area (Å²) in [5.41, 5.74) is 6.82. The van der Waals surface area contributed by atoms with Gasteiger partial charge < -0.3 is 10.2 Å². The van der Waals surface area contributed by atoms with E-state index in [0.717, 1.165) is 22.1 Å². The molecule has 0 saturated heterocycles. The minimum atomic E-state index is 0.473. The molecule has 0 unspecified atom stereocenters. The highest BCUT2D eigenvalue weighted by Gasteiger charge is 2.06. The van der Waals surface area contributed by atoms with Crippen LogP contribution >= 0.6 is 11.8 Å². The van der Waals surface area contributed by atoms with Crippen molar-refractivity contribution >= 4 is 17.6 Å². The molecule has 0 saturated carbocycles. The summed E-state index contributed by atoms with van der Waals surface area (Å²) in [7, 11) is 0. The van der Waals surface area contributed by atoms with E-state index < -0.39 is 0 Å². The maximum atomic E-state index is 5.86. The number of hydrogen-bond acceptors (Lipinski definition) is 5. The average Bonchev–Trinajstić information content (AvgIpc) is 2.99. The van der Waals surface area contributed by atoms with Crippen LogP contribution < -0.4 is 5.73 Å². The fourth-order valence-corrected chi connectivity index (χ4v) is 2.58. The fourth-order valence-electron chi connectivity index (χ4n) is 1.77. The lowest BCUT2D eigenvalue weighted by atomic mass is 10.2. The van der Waals surface area contributed by atoms with Gasteiger partial charge in [-0.1, -0.05) is 42.1 Å². The lowest BCUT2D eigenvalue weighted by molar-refractivity contribution is 0.530. The van der Waals surface area contributed by atoms with Gasteiger partial charge in [0.05, 0.1) is 12.0 Å². The molecule has 20 heavy (non-hydrogen) atoms. The average molecular weight is 283 g/mol. The number of aromatic nitrogens is 2. The van der Waals surface area contributed by atoms with Gasteiger partial charge in [-0.3, -0.25) is 0 Å². The summed E-state index contributed by atoms with van der Waals surface area (Å²) in [5, 5.41) is 0.841. The number of rotatable bonds is 4. The zero-order chi connectivity index (χ0) is 13.8. The Morgan fingerprint density at radius 1 is 1.05 bits per heavy atom. The first-order chi connectivity index (χ1) is 9.81. The summed E-state index contributed by atoms with van der Waals surface area (Å²) in [5.74, 6) is 2.75. The molecule has 100 valence electrons. The highest BCUT2D eigenvalue weighted by molar-refractivity contribution is 7.98. The Labute approximate surface area is 121 Å². The Morgan fingerprint density at radius 2 is 1.90 bits per heavy atom. The molecule has 3 aromatic rings. The van der Waals surface area contributed by atoms with Crippen LogP contribution in [0.2, 0.25) is 0 Å². The lowest BCUT2D eigenvalue weighted by Crippen LogP contribution is -1.97. The van der Waals surface area contributed by atoms with Crippen molar-refractivity contribution < 1.29 is 4.42 Å². The van der Waals surface area contributed by atoms with Crippen LogP contribution in [0.15, 0.2) is 64.2 Å². The van der Waals surface area contributed by atoms with E-state index in [0.29, 0.717) is 11.6 Å². The smallest absolute Gasteiger partial charge is 0.162 e. The van der Waals surface area contributed by atoms with Crippen molar-refractivity contribution in [2.45, 2.75) is 10.8 Å². The number of benzene rings is 1. The molecular formula is C15H13N3OS. The first-order valence-corrected chi connectivity index (χ1v) is 7.15. The monoisotopic (exact) mass is 283 g/mol. The minimum absolute atomic E-state index is 0.473. The van der Waals surface area contributed by atoms with Crippen molar-refractivity contribution in [3.8, 4) is 11.4 Å². The summed E-state index contributed by atoms with van der Waals surface area (Å²) < 4.78 is 5.30. The van der Waals surface area contributed by atoms with Crippen molar-refractivity contribution in [3.05, 3.63) is 60.6 Å². The molecule has 0 amide bonds. The molecule has 0 aliphatic heterocycles. The molecule has 5 heteroatoms. The second-order valence-electron chi connectivity index (χ2n) is 4.19. The van der Waals surface area contributed by atoms with Crippen LogP contribution in [-0.2, 0) is 5.75 Å². The molecule has 0 atom stereocenters. The van der Waals surface area contributed by atoms with Crippen molar-refractivity contribution in [2.75, 3.05) is 5.73 Å². The van der Waals surface area contributed by atoms with Gasteiger partial charge in [-0.15, -0.1) is 0 Å². The molecule has 0 aliphatic carbocycles. The van der Waals surface area contributed by atoms with Crippen molar-refractivity contribution in [2.24, 2.45) is 0 Å². The SMILES string of the molecule is Nc1cc(SCc2ccco2)nc(-c2ccccc2)n1. The van der Waals surface area contributed by atoms with Gasteiger partial charge in [0.15, 0.2) is 5.82 Å². The number of nitrogen functional groups attached to an aromatic ring is 1. The van der Waals surface area contributed by atoms with E-state index in [1.54, 1.807) is 24.1 Å². The summed E-state index contributed by atoms with van der Waals surface area (Å²) in [4.78, 5) is 8.81. The van der Waals surface area contributed by atoms with Crippen molar-refractivity contribution in [1.29, 1.82) is 0 Å². The third kappa shape index (κ3) is 3.00. The molecule has 2 N–H and O–H groups in total. The molecule has 4 nitrogen and oxygen atoms in total. The van der Waals surface area contributed by atoms with E-state index in [1.165, 1.54) is 0 Å². The Balaban J connectivity index is 1.83. The molecule has 0 radical (unpaired) electrons. The second-order valence-corrected chi connectivity index (χ2v) is 5.18. The van der Waals surface area contributed by atoms with E-state index >= 15 is 0 Å². The van der Waals surface area contributed by atoms with Crippen molar-refractivity contribution in [3.63, 3.8) is 0 Å². The van der Waals surface area contributed by atoms with E-state index in [4.69, 9.17) is 10.2 Å².